The van der Waals surface area contributed by atoms with Gasteiger partial charge in [0.25, 0.3) is 6.43 Å². The minimum atomic E-state index is -2.47. The maximum atomic E-state index is 12.0. The first-order chi connectivity index (χ1) is 6.99. The number of hydrogen-bond donors (Lipinski definition) is 1. The summed E-state index contributed by atoms with van der Waals surface area (Å²) in [6.07, 6.45) is 1.19. The standard InChI is InChI=1S/C9H10F2N2O2/c1-6-7(2-3-9(14)15)4-13(12-6)5-8(10)11/h2-4,8H,5H2,1H3,(H,14,15). The number of carbonyl (C=O) groups is 1. The highest BCUT2D eigenvalue weighted by Gasteiger charge is 2.07. The lowest BCUT2D eigenvalue weighted by Gasteiger charge is -1.97. The Morgan fingerprint density at radius 3 is 2.93 bits per heavy atom. The van der Waals surface area contributed by atoms with Crippen molar-refractivity contribution in [1.29, 1.82) is 0 Å². The minimum Gasteiger partial charge on any atom is -0.478 e. The van der Waals surface area contributed by atoms with Crippen LogP contribution in [0.5, 0.6) is 0 Å². The second-order valence-electron chi connectivity index (χ2n) is 2.95. The Morgan fingerprint density at radius 2 is 2.40 bits per heavy atom. The molecule has 0 unspecified atom stereocenters. The Morgan fingerprint density at radius 1 is 1.73 bits per heavy atom. The summed E-state index contributed by atoms with van der Waals surface area (Å²) in [4.78, 5) is 10.2. The van der Waals surface area contributed by atoms with Crippen molar-refractivity contribution in [3.63, 3.8) is 0 Å². The van der Waals surface area contributed by atoms with E-state index in [4.69, 9.17) is 5.11 Å². The normalized spacial score (nSPS) is 11.5. The van der Waals surface area contributed by atoms with Crippen LogP contribution in [0.3, 0.4) is 0 Å². The number of carboxylic acids is 1. The molecule has 0 aromatic carbocycles. The molecule has 0 aliphatic carbocycles. The lowest BCUT2D eigenvalue weighted by molar-refractivity contribution is -0.131. The van der Waals surface area contributed by atoms with Gasteiger partial charge in [0.05, 0.1) is 5.69 Å². The number of hydrogen-bond acceptors (Lipinski definition) is 2. The summed E-state index contributed by atoms with van der Waals surface area (Å²) in [5, 5.41) is 12.2. The Labute approximate surface area is 84.8 Å². The first-order valence-electron chi connectivity index (χ1n) is 4.22. The highest BCUT2D eigenvalue weighted by molar-refractivity contribution is 5.85. The van der Waals surface area contributed by atoms with E-state index in [2.05, 4.69) is 5.10 Å². The predicted octanol–water partition coefficient (Wildman–Crippen LogP) is 1.55. The van der Waals surface area contributed by atoms with E-state index in [1.54, 1.807) is 6.92 Å². The molecule has 0 saturated carbocycles. The van der Waals surface area contributed by atoms with Gasteiger partial charge in [-0.3, -0.25) is 4.68 Å². The van der Waals surface area contributed by atoms with Crippen LogP contribution >= 0.6 is 0 Å². The molecule has 1 heterocycles. The van der Waals surface area contributed by atoms with Crippen molar-refractivity contribution in [3.8, 4) is 0 Å². The second kappa shape index (κ2) is 4.68. The molecule has 1 rings (SSSR count). The number of aryl methyl sites for hydroxylation is 1. The molecule has 0 aliphatic rings. The Balaban J connectivity index is 2.82. The molecule has 0 amide bonds. The van der Waals surface area contributed by atoms with Gasteiger partial charge in [-0.05, 0) is 13.0 Å². The molecule has 1 aromatic heterocycles. The van der Waals surface area contributed by atoms with E-state index in [-0.39, 0.29) is 0 Å². The number of halogens is 2. The maximum absolute atomic E-state index is 12.0. The van der Waals surface area contributed by atoms with Crippen LogP contribution in [0.1, 0.15) is 11.3 Å². The average molecular weight is 216 g/mol. The van der Waals surface area contributed by atoms with E-state index < -0.39 is 18.9 Å². The van der Waals surface area contributed by atoms with Crippen LogP contribution in [-0.4, -0.2) is 27.3 Å². The summed E-state index contributed by atoms with van der Waals surface area (Å²) in [5.74, 6) is -1.09. The van der Waals surface area contributed by atoms with Gasteiger partial charge in [0.1, 0.15) is 6.54 Å². The molecule has 0 saturated heterocycles. The van der Waals surface area contributed by atoms with E-state index in [0.717, 1.165) is 10.8 Å². The van der Waals surface area contributed by atoms with E-state index in [0.29, 0.717) is 11.3 Å². The van der Waals surface area contributed by atoms with Gasteiger partial charge in [-0.2, -0.15) is 5.10 Å². The number of aromatic nitrogens is 2. The summed E-state index contributed by atoms with van der Waals surface area (Å²) in [5.41, 5.74) is 1.05. The number of carboxylic acid groups (broad SMARTS) is 1. The molecule has 0 bridgehead atoms. The van der Waals surface area contributed by atoms with E-state index in [1.807, 2.05) is 0 Å². The maximum Gasteiger partial charge on any atom is 0.328 e. The van der Waals surface area contributed by atoms with E-state index >= 15 is 0 Å². The monoisotopic (exact) mass is 216 g/mol. The molecule has 0 spiro atoms. The molecule has 1 N–H and O–H groups in total. The summed E-state index contributed by atoms with van der Waals surface area (Å²) >= 11 is 0. The summed E-state index contributed by atoms with van der Waals surface area (Å²) < 4.78 is 25.1. The van der Waals surface area contributed by atoms with Crippen molar-refractivity contribution in [2.45, 2.75) is 19.9 Å². The highest BCUT2D eigenvalue weighted by Crippen LogP contribution is 2.09. The van der Waals surface area contributed by atoms with Gasteiger partial charge in [-0.15, -0.1) is 0 Å². The zero-order chi connectivity index (χ0) is 11.4. The van der Waals surface area contributed by atoms with Crippen LogP contribution < -0.4 is 0 Å². The molecule has 0 atom stereocenters. The van der Waals surface area contributed by atoms with E-state index in [9.17, 15) is 13.6 Å². The molecule has 4 nitrogen and oxygen atoms in total. The molecule has 1 aromatic rings. The second-order valence-corrected chi connectivity index (χ2v) is 2.95. The minimum absolute atomic E-state index is 0.484. The van der Waals surface area contributed by atoms with Gasteiger partial charge >= 0.3 is 5.97 Å². The van der Waals surface area contributed by atoms with Gasteiger partial charge in [0, 0.05) is 17.8 Å². The fourth-order valence-electron chi connectivity index (χ4n) is 1.09. The van der Waals surface area contributed by atoms with Gasteiger partial charge < -0.3 is 5.11 Å². The van der Waals surface area contributed by atoms with Crippen LogP contribution in [0, 0.1) is 6.92 Å². The van der Waals surface area contributed by atoms with Gasteiger partial charge in [-0.25, -0.2) is 13.6 Å². The van der Waals surface area contributed by atoms with Crippen molar-refractivity contribution in [2.75, 3.05) is 0 Å². The van der Waals surface area contributed by atoms with Crippen LogP contribution in [0.15, 0.2) is 12.3 Å². The third kappa shape index (κ3) is 3.49. The summed E-state index contributed by atoms with van der Waals surface area (Å²) in [6.45, 7) is 1.14. The van der Waals surface area contributed by atoms with Gasteiger partial charge in [0.15, 0.2) is 0 Å². The van der Waals surface area contributed by atoms with E-state index in [1.165, 1.54) is 12.3 Å². The summed E-state index contributed by atoms with van der Waals surface area (Å²) in [6, 6.07) is 0. The Bertz CT molecular complexity index is 385. The molecule has 6 heteroatoms. The van der Waals surface area contributed by atoms with Crippen LogP contribution in [0.4, 0.5) is 8.78 Å². The first-order valence-corrected chi connectivity index (χ1v) is 4.22. The lowest BCUT2D eigenvalue weighted by Crippen LogP contribution is -2.06. The van der Waals surface area contributed by atoms with Crippen LogP contribution in [0.2, 0.25) is 0 Å². The molecule has 0 aliphatic heterocycles. The number of aliphatic carboxylic acids is 1. The van der Waals surface area contributed by atoms with Crippen molar-refractivity contribution < 1.29 is 18.7 Å². The van der Waals surface area contributed by atoms with Crippen LogP contribution in [-0.2, 0) is 11.3 Å². The average Bonchev–Trinajstić information content (AvgIpc) is 2.41. The summed E-state index contributed by atoms with van der Waals surface area (Å²) in [7, 11) is 0. The lowest BCUT2D eigenvalue weighted by atomic mass is 10.2. The molecule has 82 valence electrons. The zero-order valence-corrected chi connectivity index (χ0v) is 8.02. The van der Waals surface area contributed by atoms with Crippen molar-refractivity contribution in [2.24, 2.45) is 0 Å². The third-order valence-corrected chi connectivity index (χ3v) is 1.71. The molecule has 0 fully saturated rings. The molecule has 15 heavy (non-hydrogen) atoms. The number of rotatable bonds is 4. The van der Waals surface area contributed by atoms with Crippen LogP contribution in [0.25, 0.3) is 6.08 Å². The SMILES string of the molecule is Cc1nn(CC(F)F)cc1C=CC(=O)O. The molecule has 0 radical (unpaired) electrons. The largest absolute Gasteiger partial charge is 0.478 e. The molecular formula is C9H10F2N2O2. The highest BCUT2D eigenvalue weighted by atomic mass is 19.3. The number of alkyl halides is 2. The fourth-order valence-corrected chi connectivity index (χ4v) is 1.09. The third-order valence-electron chi connectivity index (χ3n) is 1.71. The Hall–Kier alpha value is -1.72. The number of nitrogens with zero attached hydrogens (tertiary/aromatic N) is 2. The smallest absolute Gasteiger partial charge is 0.328 e. The van der Waals surface area contributed by atoms with Gasteiger partial charge in [0.2, 0.25) is 0 Å². The Kier molecular flexibility index (Phi) is 3.54. The van der Waals surface area contributed by atoms with Crippen molar-refractivity contribution in [1.82, 2.24) is 9.78 Å². The molecular weight excluding hydrogens is 206 g/mol. The zero-order valence-electron chi connectivity index (χ0n) is 8.02. The first kappa shape index (κ1) is 11.4. The van der Waals surface area contributed by atoms with Crippen molar-refractivity contribution in [3.05, 3.63) is 23.5 Å². The van der Waals surface area contributed by atoms with Gasteiger partial charge in [-0.1, -0.05) is 0 Å². The topological polar surface area (TPSA) is 55.1 Å². The van der Waals surface area contributed by atoms with Crippen molar-refractivity contribution >= 4 is 12.0 Å². The quantitative estimate of drug-likeness (QED) is 0.777. The predicted molar refractivity (Wildman–Crippen MR) is 49.6 cm³/mol. The fraction of sp³-hybridized carbons (Fsp3) is 0.333.